The summed E-state index contributed by atoms with van der Waals surface area (Å²) >= 11 is 0.383. The normalized spacial score (nSPS) is 27.1. The zero-order chi connectivity index (χ0) is 39.8. The Balaban J connectivity index is 1.28. The van der Waals surface area contributed by atoms with Gasteiger partial charge in [0.25, 0.3) is 5.91 Å². The zero-order valence-corrected chi connectivity index (χ0v) is 31.0. The van der Waals surface area contributed by atoms with Gasteiger partial charge in [-0.3, -0.25) is 19.5 Å². The number of aliphatic carboxylic acids is 1. The number of hydrogen-bond acceptors (Lipinski definition) is 9. The number of pyridine rings is 1. The number of thiophene rings is 1. The van der Waals surface area contributed by atoms with E-state index in [1.807, 2.05) is 6.08 Å². The Morgan fingerprint density at radius 2 is 1.75 bits per heavy atom. The minimum absolute atomic E-state index is 0.00377. The van der Waals surface area contributed by atoms with Crippen molar-refractivity contribution in [1.29, 1.82) is 0 Å². The van der Waals surface area contributed by atoms with E-state index in [9.17, 15) is 51.3 Å². The lowest BCUT2D eigenvalue weighted by Crippen LogP contribution is -2.68. The molecule has 0 aromatic carbocycles. The molecule has 5 atom stereocenters. The first-order valence-electron chi connectivity index (χ1n) is 18.4. The molecule has 1 amide bonds. The Hall–Kier alpha value is -3.51. The highest BCUT2D eigenvalue weighted by Gasteiger charge is 2.57. The Morgan fingerprint density at radius 3 is 2.36 bits per heavy atom. The molecular weight excluding hydrogens is 756 g/mol. The molecule has 3 unspecified atom stereocenters. The van der Waals surface area contributed by atoms with E-state index in [1.54, 1.807) is 25.2 Å². The number of rotatable bonds is 13. The van der Waals surface area contributed by atoms with E-state index in [1.165, 1.54) is 9.80 Å². The van der Waals surface area contributed by atoms with E-state index < -0.39 is 81.3 Å². The monoisotopic (exact) mass is 801 g/mol. The number of ether oxygens (including phenoxy) is 2. The van der Waals surface area contributed by atoms with Gasteiger partial charge < -0.3 is 29.7 Å². The summed E-state index contributed by atoms with van der Waals surface area (Å²) in [4.78, 5) is 32.1. The summed E-state index contributed by atoms with van der Waals surface area (Å²) in [5, 5.41) is 34.1. The average Bonchev–Trinajstić information content (AvgIpc) is 3.72. The quantitative estimate of drug-likeness (QED) is 0.184. The number of piperidine rings is 2. The Bertz CT molecular complexity index is 1750. The van der Waals surface area contributed by atoms with Gasteiger partial charge in [-0.1, -0.05) is 37.6 Å². The summed E-state index contributed by atoms with van der Waals surface area (Å²) in [5.41, 5.74) is -5.54. The van der Waals surface area contributed by atoms with Crippen LogP contribution in [0.15, 0.2) is 54.1 Å². The summed E-state index contributed by atoms with van der Waals surface area (Å²) in [6.07, 6.45) is -1.46. The van der Waals surface area contributed by atoms with Gasteiger partial charge in [-0.05, 0) is 57.1 Å². The van der Waals surface area contributed by atoms with Gasteiger partial charge in [0.2, 0.25) is 5.60 Å². The van der Waals surface area contributed by atoms with Crippen LogP contribution in [0.1, 0.15) is 87.1 Å². The predicted octanol–water partition coefficient (Wildman–Crippen LogP) is 6.99. The molecule has 2 aliphatic heterocycles. The van der Waals surface area contributed by atoms with Crippen molar-refractivity contribution in [2.45, 2.75) is 107 Å². The summed E-state index contributed by atoms with van der Waals surface area (Å²) in [5.74, 6) is -2.28. The number of carbonyl (C=O) groups excluding carboxylic acids is 1. The summed E-state index contributed by atoms with van der Waals surface area (Å²) in [7, 11) is 0. The number of hydrogen-bond donors (Lipinski definition) is 3. The number of amides is 1. The van der Waals surface area contributed by atoms with Gasteiger partial charge >= 0.3 is 18.3 Å². The molecule has 302 valence electrons. The summed E-state index contributed by atoms with van der Waals surface area (Å²) in [6, 6.07) is 1.60. The van der Waals surface area contributed by atoms with Crippen LogP contribution in [0.5, 0.6) is 5.75 Å². The highest BCUT2D eigenvalue weighted by Crippen LogP contribution is 2.50. The van der Waals surface area contributed by atoms with Crippen molar-refractivity contribution in [2.75, 3.05) is 26.2 Å². The molecule has 17 heteroatoms. The number of carbonyl (C=O) groups is 2. The molecular formula is C38H45F6N3O7S. The first kappa shape index (κ1) is 41.1. The maximum absolute atomic E-state index is 15.0. The number of likely N-dealkylation sites (tertiary alicyclic amines) is 2. The lowest BCUT2D eigenvalue weighted by atomic mass is 9.74. The van der Waals surface area contributed by atoms with Crippen molar-refractivity contribution in [1.82, 2.24) is 14.8 Å². The number of allylic oxidation sites excluding steroid dienone is 2. The third-order valence-corrected chi connectivity index (χ3v) is 12.3. The zero-order valence-electron chi connectivity index (χ0n) is 30.2. The number of alkyl halides is 6. The van der Waals surface area contributed by atoms with Crippen LogP contribution >= 0.6 is 11.3 Å². The van der Waals surface area contributed by atoms with Crippen LogP contribution in [0.25, 0.3) is 0 Å². The van der Waals surface area contributed by atoms with E-state index in [4.69, 9.17) is 9.47 Å². The summed E-state index contributed by atoms with van der Waals surface area (Å²) < 4.78 is 96.0. The van der Waals surface area contributed by atoms with Gasteiger partial charge in [-0.25, -0.2) is 0 Å². The maximum atomic E-state index is 15.0. The fourth-order valence-corrected chi connectivity index (χ4v) is 8.99. The molecule has 6 rings (SSSR count). The smallest absolute Gasteiger partial charge is 0.425 e. The van der Waals surface area contributed by atoms with Crippen LogP contribution in [-0.2, 0) is 26.7 Å². The van der Waals surface area contributed by atoms with E-state index in [0.717, 1.165) is 42.6 Å². The molecule has 4 heterocycles. The van der Waals surface area contributed by atoms with Crippen molar-refractivity contribution in [3.63, 3.8) is 0 Å². The number of halogens is 6. The van der Waals surface area contributed by atoms with Gasteiger partial charge in [0.1, 0.15) is 10.6 Å². The number of aromatic nitrogens is 1. The van der Waals surface area contributed by atoms with Crippen LogP contribution in [0.2, 0.25) is 0 Å². The van der Waals surface area contributed by atoms with Crippen molar-refractivity contribution in [3.05, 3.63) is 70.2 Å². The molecule has 0 radical (unpaired) electrons. The van der Waals surface area contributed by atoms with E-state index in [2.05, 4.69) is 4.98 Å². The van der Waals surface area contributed by atoms with Crippen LogP contribution in [-0.4, -0.2) is 91.6 Å². The number of carboxylic acid groups (broad SMARTS) is 1. The van der Waals surface area contributed by atoms with E-state index >= 15 is 0 Å². The Kier molecular flexibility index (Phi) is 11.8. The van der Waals surface area contributed by atoms with Crippen LogP contribution in [0, 0.1) is 11.3 Å². The average molecular weight is 802 g/mol. The van der Waals surface area contributed by atoms with Gasteiger partial charge in [0.05, 0.1) is 42.0 Å². The van der Waals surface area contributed by atoms with Crippen LogP contribution in [0.4, 0.5) is 26.3 Å². The predicted molar refractivity (Wildman–Crippen MR) is 188 cm³/mol. The number of aliphatic hydroxyl groups excluding tert-OH is 1. The molecule has 55 heavy (non-hydrogen) atoms. The molecule has 3 N–H and O–H groups in total. The number of aliphatic hydroxyl groups is 2. The maximum Gasteiger partial charge on any atom is 0.425 e. The van der Waals surface area contributed by atoms with Gasteiger partial charge in [-0.2, -0.15) is 26.3 Å². The molecule has 0 bridgehead atoms. The standard InChI is InChI=1S/C38H45F6N3O7S/c1-2-7-28-36(54-24-20-29(55-22-24)38(42,43)44,11-6-17-47(28)32(50)31-26(37(39,40)41)9-5-16-45-31)33(51)46-18-14-35(52,15-19-46)25-8-3-4-10-27(25)53-23-34(12-13-34)21-30(48)49/h3-5,8-10,16,20,22,25,27-28,32,50,52H,2,6-7,11-15,17-19,21,23H2,1H3,(H,48,49)/t25?,27?,28-,32?,36+/m1/s1. The van der Waals surface area contributed by atoms with Crippen LogP contribution in [0.3, 0.4) is 0 Å². The van der Waals surface area contributed by atoms with E-state index in [0.29, 0.717) is 17.8 Å². The first-order chi connectivity index (χ1) is 25.9. The largest absolute Gasteiger partial charge is 0.481 e. The highest BCUT2D eigenvalue weighted by molar-refractivity contribution is 7.10. The molecule has 4 aliphatic rings. The second kappa shape index (κ2) is 15.8. The van der Waals surface area contributed by atoms with Gasteiger partial charge in [-0.15, -0.1) is 11.3 Å². The van der Waals surface area contributed by atoms with Gasteiger partial charge in [0, 0.05) is 48.6 Å². The minimum atomic E-state index is -4.86. The fraction of sp³-hybridized carbons (Fsp3) is 0.605. The highest BCUT2D eigenvalue weighted by atomic mass is 32.1. The Morgan fingerprint density at radius 1 is 1.04 bits per heavy atom. The van der Waals surface area contributed by atoms with Crippen molar-refractivity contribution in [2.24, 2.45) is 11.3 Å². The van der Waals surface area contributed by atoms with Gasteiger partial charge in [0.15, 0.2) is 6.23 Å². The molecule has 2 aromatic heterocycles. The van der Waals surface area contributed by atoms with E-state index in [-0.39, 0.29) is 70.5 Å². The fourth-order valence-electron chi connectivity index (χ4n) is 8.31. The molecule has 2 aliphatic carbocycles. The second-order valence-corrected chi connectivity index (χ2v) is 16.0. The number of carboxylic acids is 1. The third-order valence-electron chi connectivity index (χ3n) is 11.4. The molecule has 10 nitrogen and oxygen atoms in total. The van der Waals surface area contributed by atoms with Crippen molar-refractivity contribution in [3.8, 4) is 5.75 Å². The topological polar surface area (TPSA) is 133 Å². The first-order valence-corrected chi connectivity index (χ1v) is 19.3. The lowest BCUT2D eigenvalue weighted by Gasteiger charge is -2.52. The molecule has 2 saturated heterocycles. The van der Waals surface area contributed by atoms with Crippen molar-refractivity contribution >= 4 is 23.2 Å². The number of nitrogens with zero attached hydrogens (tertiary/aromatic N) is 3. The molecule has 1 saturated carbocycles. The van der Waals surface area contributed by atoms with Crippen LogP contribution < -0.4 is 4.74 Å². The SMILES string of the molecule is CCC[C@H]1N(C(O)c2ncccc2C(F)(F)F)CCC[C@@]1(Oc1csc(C(F)(F)F)c1)C(=O)N1CCC(O)(C2C=CC=CC2OCC2(CC(=O)O)CC2)CC1. The third kappa shape index (κ3) is 8.75. The lowest BCUT2D eigenvalue weighted by molar-refractivity contribution is -0.178. The molecule has 3 fully saturated rings. The van der Waals surface area contributed by atoms with Crippen molar-refractivity contribution < 1.29 is 60.7 Å². The molecule has 2 aromatic rings. The Labute approximate surface area is 318 Å². The summed E-state index contributed by atoms with van der Waals surface area (Å²) in [6.45, 7) is 2.07. The minimum Gasteiger partial charge on any atom is -0.481 e. The second-order valence-electron chi connectivity index (χ2n) is 15.1. The molecule has 0 spiro atoms.